The predicted octanol–water partition coefficient (Wildman–Crippen LogP) is 3.00. The lowest BCUT2D eigenvalue weighted by molar-refractivity contribution is 0.498. The lowest BCUT2D eigenvalue weighted by Crippen LogP contribution is -2.16. The standard InChI is InChI=1S/C14H21N3/c1-9(2)7-12(15)14-11(4)16-13-6-5-10(3)8-17(13)14/h5-6,8-9,12H,7,15H2,1-4H3. The molecule has 0 aliphatic heterocycles. The van der Waals surface area contributed by atoms with Crippen LogP contribution in [0, 0.1) is 19.8 Å². The first-order valence-corrected chi connectivity index (χ1v) is 6.20. The summed E-state index contributed by atoms with van der Waals surface area (Å²) < 4.78 is 2.14. The van der Waals surface area contributed by atoms with Crippen molar-refractivity contribution in [3.8, 4) is 0 Å². The molecule has 0 bridgehead atoms. The van der Waals surface area contributed by atoms with Gasteiger partial charge in [-0.3, -0.25) is 0 Å². The third kappa shape index (κ3) is 2.34. The van der Waals surface area contributed by atoms with Gasteiger partial charge in [0.1, 0.15) is 5.65 Å². The first kappa shape index (κ1) is 12.1. The normalized spacial score (nSPS) is 13.5. The molecule has 2 rings (SSSR count). The highest BCUT2D eigenvalue weighted by Gasteiger charge is 2.16. The molecule has 0 amide bonds. The molecule has 0 spiro atoms. The number of hydrogen-bond donors (Lipinski definition) is 1. The lowest BCUT2D eigenvalue weighted by Gasteiger charge is -2.15. The van der Waals surface area contributed by atoms with Crippen molar-refractivity contribution < 1.29 is 0 Å². The van der Waals surface area contributed by atoms with Gasteiger partial charge in [0, 0.05) is 12.2 Å². The van der Waals surface area contributed by atoms with Crippen LogP contribution < -0.4 is 5.73 Å². The second-order valence-corrected chi connectivity index (χ2v) is 5.25. The quantitative estimate of drug-likeness (QED) is 0.882. The molecular formula is C14H21N3. The molecule has 17 heavy (non-hydrogen) atoms. The smallest absolute Gasteiger partial charge is 0.137 e. The summed E-state index contributed by atoms with van der Waals surface area (Å²) in [6.45, 7) is 8.53. The number of imidazole rings is 1. The van der Waals surface area contributed by atoms with E-state index in [-0.39, 0.29) is 6.04 Å². The molecular weight excluding hydrogens is 210 g/mol. The van der Waals surface area contributed by atoms with E-state index in [0.717, 1.165) is 23.5 Å². The summed E-state index contributed by atoms with van der Waals surface area (Å²) in [6.07, 6.45) is 3.10. The van der Waals surface area contributed by atoms with Gasteiger partial charge in [0.25, 0.3) is 0 Å². The molecule has 1 unspecified atom stereocenters. The summed E-state index contributed by atoms with van der Waals surface area (Å²) in [7, 11) is 0. The molecule has 2 heterocycles. The van der Waals surface area contributed by atoms with Crippen molar-refractivity contribution in [2.75, 3.05) is 0 Å². The van der Waals surface area contributed by atoms with E-state index in [1.54, 1.807) is 0 Å². The molecule has 2 aromatic rings. The summed E-state index contributed by atoms with van der Waals surface area (Å²) in [4.78, 5) is 4.57. The Morgan fingerprint density at radius 1 is 1.29 bits per heavy atom. The molecule has 92 valence electrons. The maximum Gasteiger partial charge on any atom is 0.137 e. The van der Waals surface area contributed by atoms with E-state index in [4.69, 9.17) is 5.73 Å². The number of rotatable bonds is 3. The summed E-state index contributed by atoms with van der Waals surface area (Å²) >= 11 is 0. The molecule has 0 aromatic carbocycles. The molecule has 3 nitrogen and oxygen atoms in total. The zero-order valence-electron chi connectivity index (χ0n) is 11.1. The van der Waals surface area contributed by atoms with E-state index >= 15 is 0 Å². The van der Waals surface area contributed by atoms with Crippen molar-refractivity contribution in [1.82, 2.24) is 9.38 Å². The van der Waals surface area contributed by atoms with Gasteiger partial charge in [-0.15, -0.1) is 0 Å². The van der Waals surface area contributed by atoms with Crippen LogP contribution in [0.1, 0.15) is 43.3 Å². The Kier molecular flexibility index (Phi) is 3.20. The molecule has 0 saturated heterocycles. The summed E-state index contributed by atoms with van der Waals surface area (Å²) in [6, 6.07) is 4.19. The van der Waals surface area contributed by atoms with Gasteiger partial charge < -0.3 is 10.1 Å². The molecule has 3 heteroatoms. The van der Waals surface area contributed by atoms with Crippen LogP contribution in [0.25, 0.3) is 5.65 Å². The molecule has 2 aromatic heterocycles. The minimum atomic E-state index is 0.0619. The fourth-order valence-corrected chi connectivity index (χ4v) is 2.35. The number of hydrogen-bond acceptors (Lipinski definition) is 2. The third-order valence-corrected chi connectivity index (χ3v) is 3.06. The molecule has 0 aliphatic carbocycles. The van der Waals surface area contributed by atoms with Crippen LogP contribution in [-0.2, 0) is 0 Å². The van der Waals surface area contributed by atoms with Gasteiger partial charge in [-0.25, -0.2) is 4.98 Å². The Hall–Kier alpha value is -1.35. The van der Waals surface area contributed by atoms with Gasteiger partial charge in [-0.1, -0.05) is 19.9 Å². The maximum atomic E-state index is 6.30. The average Bonchev–Trinajstić information content (AvgIpc) is 2.52. The van der Waals surface area contributed by atoms with E-state index in [1.165, 1.54) is 5.56 Å². The second kappa shape index (κ2) is 4.49. The van der Waals surface area contributed by atoms with E-state index < -0.39 is 0 Å². The van der Waals surface area contributed by atoms with Gasteiger partial charge in [-0.05, 0) is 37.8 Å². The highest BCUT2D eigenvalue weighted by molar-refractivity contribution is 5.45. The fraction of sp³-hybridized carbons (Fsp3) is 0.500. The molecule has 0 radical (unpaired) electrons. The largest absolute Gasteiger partial charge is 0.323 e. The number of fused-ring (bicyclic) bond motifs is 1. The van der Waals surface area contributed by atoms with Gasteiger partial charge in [-0.2, -0.15) is 0 Å². The zero-order valence-corrected chi connectivity index (χ0v) is 11.1. The van der Waals surface area contributed by atoms with E-state index in [9.17, 15) is 0 Å². The van der Waals surface area contributed by atoms with Crippen molar-refractivity contribution in [3.05, 3.63) is 35.3 Å². The Labute approximate surface area is 103 Å². The van der Waals surface area contributed by atoms with E-state index in [1.807, 2.05) is 13.0 Å². The monoisotopic (exact) mass is 231 g/mol. The third-order valence-electron chi connectivity index (χ3n) is 3.06. The Bertz CT molecular complexity index is 525. The fourth-order valence-electron chi connectivity index (χ4n) is 2.35. The molecule has 0 saturated carbocycles. The zero-order chi connectivity index (χ0) is 12.6. The average molecular weight is 231 g/mol. The van der Waals surface area contributed by atoms with Crippen LogP contribution in [0.3, 0.4) is 0 Å². The molecule has 2 N–H and O–H groups in total. The van der Waals surface area contributed by atoms with Gasteiger partial charge >= 0.3 is 0 Å². The highest BCUT2D eigenvalue weighted by Crippen LogP contribution is 2.23. The number of aromatic nitrogens is 2. The van der Waals surface area contributed by atoms with Crippen LogP contribution in [0.5, 0.6) is 0 Å². The number of pyridine rings is 1. The molecule has 0 fully saturated rings. The maximum absolute atomic E-state index is 6.30. The van der Waals surface area contributed by atoms with Crippen molar-refractivity contribution >= 4 is 5.65 Å². The summed E-state index contributed by atoms with van der Waals surface area (Å²) in [5.41, 5.74) is 10.7. The molecule has 0 aliphatic rings. The Morgan fingerprint density at radius 2 is 2.00 bits per heavy atom. The number of aryl methyl sites for hydroxylation is 2. The van der Waals surface area contributed by atoms with Crippen LogP contribution in [0.4, 0.5) is 0 Å². The minimum absolute atomic E-state index is 0.0619. The number of nitrogens with two attached hydrogens (primary N) is 1. The SMILES string of the molecule is Cc1ccc2nc(C)c(C(N)CC(C)C)n2c1. The summed E-state index contributed by atoms with van der Waals surface area (Å²) in [5, 5.41) is 0. The Morgan fingerprint density at radius 3 is 2.65 bits per heavy atom. The minimum Gasteiger partial charge on any atom is -0.323 e. The lowest BCUT2D eigenvalue weighted by atomic mass is 10.0. The second-order valence-electron chi connectivity index (χ2n) is 5.25. The van der Waals surface area contributed by atoms with Crippen molar-refractivity contribution in [2.45, 2.75) is 40.2 Å². The predicted molar refractivity (Wildman–Crippen MR) is 71.0 cm³/mol. The van der Waals surface area contributed by atoms with Crippen LogP contribution in [0.2, 0.25) is 0 Å². The van der Waals surface area contributed by atoms with Gasteiger partial charge in [0.2, 0.25) is 0 Å². The first-order valence-electron chi connectivity index (χ1n) is 6.20. The number of nitrogens with zero attached hydrogens (tertiary/aromatic N) is 2. The van der Waals surface area contributed by atoms with Crippen molar-refractivity contribution in [3.63, 3.8) is 0 Å². The molecule has 1 atom stereocenters. The van der Waals surface area contributed by atoms with E-state index in [2.05, 4.69) is 42.4 Å². The van der Waals surface area contributed by atoms with Gasteiger partial charge in [0.15, 0.2) is 0 Å². The van der Waals surface area contributed by atoms with Crippen LogP contribution >= 0.6 is 0 Å². The van der Waals surface area contributed by atoms with Crippen LogP contribution in [-0.4, -0.2) is 9.38 Å². The first-order chi connectivity index (χ1) is 7.99. The van der Waals surface area contributed by atoms with Gasteiger partial charge in [0.05, 0.1) is 11.4 Å². The highest BCUT2D eigenvalue weighted by atomic mass is 15.0. The van der Waals surface area contributed by atoms with Crippen LogP contribution in [0.15, 0.2) is 18.3 Å². The van der Waals surface area contributed by atoms with Crippen molar-refractivity contribution in [2.24, 2.45) is 11.7 Å². The Balaban J connectivity index is 2.51. The van der Waals surface area contributed by atoms with E-state index in [0.29, 0.717) is 5.92 Å². The van der Waals surface area contributed by atoms with Crippen molar-refractivity contribution in [1.29, 1.82) is 0 Å². The topological polar surface area (TPSA) is 43.3 Å². The summed E-state index contributed by atoms with van der Waals surface area (Å²) in [5.74, 6) is 0.597.